The van der Waals surface area contributed by atoms with Crippen LogP contribution in [0.25, 0.3) is 11.0 Å². The molecule has 1 aliphatic carbocycles. The number of aromatic nitrogens is 3. The van der Waals surface area contributed by atoms with Crippen LogP contribution in [-0.4, -0.2) is 37.8 Å². The van der Waals surface area contributed by atoms with Gasteiger partial charge in [0.05, 0.1) is 5.52 Å². The second-order valence-corrected chi connectivity index (χ2v) is 7.32. The van der Waals surface area contributed by atoms with Crippen molar-refractivity contribution in [2.45, 2.75) is 38.6 Å². The number of nitrogens with zero attached hydrogens (tertiary/aromatic N) is 3. The number of carbonyl (C=O) groups excluding carboxylic acids is 1. The van der Waals surface area contributed by atoms with Gasteiger partial charge in [0.15, 0.2) is 5.52 Å². The molecule has 1 amide bonds. The van der Waals surface area contributed by atoms with Crippen LogP contribution < -0.4 is 11.2 Å². The van der Waals surface area contributed by atoms with Crippen molar-refractivity contribution in [3.63, 3.8) is 0 Å². The Labute approximate surface area is 136 Å². The first-order valence-corrected chi connectivity index (χ1v) is 8.77. The fourth-order valence-electron chi connectivity index (χ4n) is 3.09. The first kappa shape index (κ1) is 14.6. The van der Waals surface area contributed by atoms with Gasteiger partial charge in [-0.2, -0.15) is 4.37 Å². The molecule has 3 heterocycles. The van der Waals surface area contributed by atoms with Crippen LogP contribution in [0.4, 0.5) is 0 Å². The molecule has 0 bridgehead atoms. The van der Waals surface area contributed by atoms with Crippen molar-refractivity contribution >= 4 is 28.5 Å². The van der Waals surface area contributed by atoms with Gasteiger partial charge in [-0.05, 0) is 43.1 Å². The highest BCUT2D eigenvalue weighted by molar-refractivity contribution is 7.09. The zero-order valence-electron chi connectivity index (χ0n) is 12.9. The second kappa shape index (κ2) is 5.30. The van der Waals surface area contributed by atoms with Gasteiger partial charge in [-0.25, -0.2) is 4.79 Å². The number of rotatable bonds is 2. The van der Waals surface area contributed by atoms with E-state index in [1.54, 1.807) is 4.90 Å². The number of likely N-dealkylation sites (tertiary alicyclic amines) is 1. The zero-order valence-corrected chi connectivity index (χ0v) is 13.7. The van der Waals surface area contributed by atoms with Crippen molar-refractivity contribution in [3.05, 3.63) is 25.7 Å². The molecular weight excluding hydrogens is 316 g/mol. The number of nitrogens with one attached hydrogen (secondary N) is 1. The fraction of sp³-hybridized carbons (Fsp3) is 0.600. The first-order valence-electron chi connectivity index (χ1n) is 7.99. The van der Waals surface area contributed by atoms with Crippen LogP contribution in [-0.2, 0) is 0 Å². The van der Waals surface area contributed by atoms with E-state index < -0.39 is 5.69 Å². The molecular formula is C15H18N4O3S. The Morgan fingerprint density at radius 2 is 1.91 bits per heavy atom. The van der Waals surface area contributed by atoms with E-state index in [0.717, 1.165) is 37.2 Å². The van der Waals surface area contributed by atoms with E-state index in [0.29, 0.717) is 29.4 Å². The van der Waals surface area contributed by atoms with Crippen LogP contribution in [0.15, 0.2) is 9.59 Å². The summed E-state index contributed by atoms with van der Waals surface area (Å²) >= 11 is 1.00. The van der Waals surface area contributed by atoms with E-state index >= 15 is 0 Å². The molecule has 1 saturated heterocycles. The molecule has 4 rings (SSSR count). The molecule has 1 saturated carbocycles. The van der Waals surface area contributed by atoms with E-state index in [1.807, 2.05) is 0 Å². The third-order valence-corrected chi connectivity index (χ3v) is 5.58. The molecule has 2 aromatic rings. The summed E-state index contributed by atoms with van der Waals surface area (Å²) in [6.45, 7) is 3.60. The summed E-state index contributed by atoms with van der Waals surface area (Å²) in [6, 6.07) is -0.0138. The smallest absolute Gasteiger partial charge is 0.329 e. The van der Waals surface area contributed by atoms with Crippen LogP contribution in [0.3, 0.4) is 0 Å². The molecule has 0 spiro atoms. The molecule has 8 heteroatoms. The van der Waals surface area contributed by atoms with Gasteiger partial charge in [-0.1, -0.05) is 6.92 Å². The van der Waals surface area contributed by atoms with E-state index in [-0.39, 0.29) is 23.0 Å². The molecule has 0 radical (unpaired) electrons. The van der Waals surface area contributed by atoms with Crippen molar-refractivity contribution in [3.8, 4) is 0 Å². The average Bonchev–Trinajstić information content (AvgIpc) is 3.26. The summed E-state index contributed by atoms with van der Waals surface area (Å²) < 4.78 is 5.39. The molecule has 7 nitrogen and oxygen atoms in total. The number of hydrogen-bond acceptors (Lipinski definition) is 5. The maximum absolute atomic E-state index is 12.7. The Bertz CT molecular complexity index is 884. The standard InChI is InChI=1S/C15H18N4O3S/c1-8-4-6-18(7-5-8)14(21)12-10-11(17-23-12)13(20)19(9-2-3-9)15(22)16-10/h8-9H,2-7H2,1H3,(H,16,22). The van der Waals surface area contributed by atoms with Gasteiger partial charge >= 0.3 is 5.69 Å². The number of amides is 1. The maximum Gasteiger partial charge on any atom is 0.329 e. The largest absolute Gasteiger partial charge is 0.338 e. The predicted octanol–water partition coefficient (Wildman–Crippen LogP) is 1.35. The van der Waals surface area contributed by atoms with Gasteiger partial charge in [0, 0.05) is 19.1 Å². The van der Waals surface area contributed by atoms with Crippen molar-refractivity contribution in [1.29, 1.82) is 0 Å². The van der Waals surface area contributed by atoms with Gasteiger partial charge in [-0.3, -0.25) is 14.2 Å². The zero-order chi connectivity index (χ0) is 16.1. The highest BCUT2D eigenvalue weighted by Gasteiger charge is 2.30. The summed E-state index contributed by atoms with van der Waals surface area (Å²) in [5.74, 6) is 0.492. The highest BCUT2D eigenvalue weighted by Crippen LogP contribution is 2.32. The monoisotopic (exact) mass is 334 g/mol. The van der Waals surface area contributed by atoms with Crippen molar-refractivity contribution < 1.29 is 4.79 Å². The molecule has 2 aromatic heterocycles. The van der Waals surface area contributed by atoms with Crippen LogP contribution in [0.5, 0.6) is 0 Å². The van der Waals surface area contributed by atoms with Crippen molar-refractivity contribution in [2.75, 3.05) is 13.1 Å². The van der Waals surface area contributed by atoms with Crippen molar-refractivity contribution in [1.82, 2.24) is 18.8 Å². The Morgan fingerprint density at radius 3 is 2.57 bits per heavy atom. The maximum atomic E-state index is 12.7. The molecule has 0 atom stereocenters. The average molecular weight is 334 g/mol. The number of H-pyrrole nitrogens is 1. The van der Waals surface area contributed by atoms with Gasteiger partial charge in [0.2, 0.25) is 0 Å². The summed E-state index contributed by atoms with van der Waals surface area (Å²) in [5.41, 5.74) is -0.318. The van der Waals surface area contributed by atoms with Gasteiger partial charge in [0.1, 0.15) is 4.88 Å². The van der Waals surface area contributed by atoms with Crippen LogP contribution in [0.2, 0.25) is 0 Å². The van der Waals surface area contributed by atoms with E-state index in [1.165, 1.54) is 4.57 Å². The lowest BCUT2D eigenvalue weighted by Crippen LogP contribution is -2.38. The van der Waals surface area contributed by atoms with Crippen LogP contribution in [0, 0.1) is 5.92 Å². The fourth-order valence-corrected chi connectivity index (χ4v) is 3.89. The van der Waals surface area contributed by atoms with Crippen LogP contribution >= 0.6 is 11.5 Å². The summed E-state index contributed by atoms with van der Waals surface area (Å²) in [5, 5.41) is 0. The van der Waals surface area contributed by atoms with Gasteiger partial charge < -0.3 is 9.88 Å². The second-order valence-electron chi connectivity index (χ2n) is 6.55. The Balaban J connectivity index is 1.75. The molecule has 23 heavy (non-hydrogen) atoms. The summed E-state index contributed by atoms with van der Waals surface area (Å²) in [6.07, 6.45) is 3.65. The lowest BCUT2D eigenvalue weighted by molar-refractivity contribution is 0.0703. The highest BCUT2D eigenvalue weighted by atomic mass is 32.1. The molecule has 1 aliphatic heterocycles. The minimum Gasteiger partial charge on any atom is -0.338 e. The molecule has 0 unspecified atom stereocenters. The number of piperidine rings is 1. The summed E-state index contributed by atoms with van der Waals surface area (Å²) in [4.78, 5) is 42.2. The topological polar surface area (TPSA) is 88.1 Å². The SMILES string of the molecule is CC1CCN(C(=O)c2snc3c(=O)n(C4CC4)c(=O)[nH]c23)CC1. The third kappa shape index (κ3) is 2.41. The van der Waals surface area contributed by atoms with Gasteiger partial charge in [-0.15, -0.1) is 0 Å². The van der Waals surface area contributed by atoms with E-state index in [9.17, 15) is 14.4 Å². The predicted molar refractivity (Wildman–Crippen MR) is 87.1 cm³/mol. The molecule has 1 N–H and O–H groups in total. The lowest BCUT2D eigenvalue weighted by Gasteiger charge is -2.29. The third-order valence-electron chi connectivity index (χ3n) is 4.74. The van der Waals surface area contributed by atoms with Crippen molar-refractivity contribution in [2.24, 2.45) is 5.92 Å². The van der Waals surface area contributed by atoms with Crippen LogP contribution in [0.1, 0.15) is 48.3 Å². The molecule has 122 valence electrons. The number of carbonyl (C=O) groups is 1. The Morgan fingerprint density at radius 1 is 1.22 bits per heavy atom. The Kier molecular flexibility index (Phi) is 3.37. The van der Waals surface area contributed by atoms with E-state index in [2.05, 4.69) is 16.3 Å². The Hall–Kier alpha value is -1.96. The quantitative estimate of drug-likeness (QED) is 0.898. The lowest BCUT2D eigenvalue weighted by atomic mass is 9.99. The minimum atomic E-state index is -0.438. The normalized spacial score (nSPS) is 19.4. The number of aromatic amines is 1. The number of hydrogen-bond donors (Lipinski definition) is 1. The molecule has 2 aliphatic rings. The first-order chi connectivity index (χ1) is 11.1. The molecule has 2 fully saturated rings. The van der Waals surface area contributed by atoms with E-state index in [4.69, 9.17) is 0 Å². The summed E-state index contributed by atoms with van der Waals surface area (Å²) in [7, 11) is 0. The minimum absolute atomic E-state index is 0.0138. The number of fused-ring (bicyclic) bond motifs is 1. The van der Waals surface area contributed by atoms with Gasteiger partial charge in [0.25, 0.3) is 11.5 Å². The molecule has 0 aromatic carbocycles.